The van der Waals surface area contributed by atoms with Crippen molar-refractivity contribution < 1.29 is 52.3 Å². The van der Waals surface area contributed by atoms with Gasteiger partial charge in [0.15, 0.2) is 0 Å². The van der Waals surface area contributed by atoms with Crippen molar-refractivity contribution >= 4 is 17.7 Å². The molecule has 0 saturated heterocycles. The van der Waals surface area contributed by atoms with Gasteiger partial charge in [-0.15, -0.1) is 0 Å². The molecule has 0 amide bonds. The van der Waals surface area contributed by atoms with Crippen LogP contribution in [0.15, 0.2) is 60.7 Å². The summed E-state index contributed by atoms with van der Waals surface area (Å²) in [5, 5.41) is 0. The first-order valence-electron chi connectivity index (χ1n) is 13.1. The predicted octanol–water partition coefficient (Wildman–Crippen LogP) is 2.37. The Kier molecular flexibility index (Phi) is 18.7. The van der Waals surface area contributed by atoms with E-state index in [0.717, 1.165) is 0 Å². The summed E-state index contributed by atoms with van der Waals surface area (Å²) in [5.41, 5.74) is 0.807. The van der Waals surface area contributed by atoms with Crippen molar-refractivity contribution in [2.24, 2.45) is 0 Å². The van der Waals surface area contributed by atoms with E-state index in [1.165, 1.54) is 0 Å². The number of hydrogen-bond acceptors (Lipinski definition) is 11. The molecule has 0 aliphatic rings. The molecule has 11 nitrogen and oxygen atoms in total. The normalized spacial score (nSPS) is 10.8. The van der Waals surface area contributed by atoms with Crippen molar-refractivity contribution in [2.75, 3.05) is 92.5 Å². The monoisotopic (exact) mass is 562 g/mol. The van der Waals surface area contributed by atoms with Crippen LogP contribution in [0.2, 0.25) is 0 Å². The second-order valence-corrected chi connectivity index (χ2v) is 8.01. The van der Waals surface area contributed by atoms with Crippen molar-refractivity contribution in [3.63, 3.8) is 0 Å². The Morgan fingerprint density at radius 2 is 0.725 bits per heavy atom. The van der Waals surface area contributed by atoms with Gasteiger partial charge < -0.3 is 37.9 Å². The SMILES string of the molecule is O=C(OCCOCCOCCOCCOCCOCCOCCOC(=O)c1ccccc1)C(=O)c1ccccc1. The zero-order valence-electron chi connectivity index (χ0n) is 22.7. The smallest absolute Gasteiger partial charge is 0.379 e. The minimum absolute atomic E-state index is 0.00644. The molecule has 0 aromatic heterocycles. The number of esters is 2. The molecule has 0 bridgehead atoms. The molecular weight excluding hydrogens is 524 g/mol. The van der Waals surface area contributed by atoms with Crippen molar-refractivity contribution in [1.29, 1.82) is 0 Å². The lowest BCUT2D eigenvalue weighted by Crippen LogP contribution is -2.20. The van der Waals surface area contributed by atoms with Crippen LogP contribution in [-0.4, -0.2) is 110 Å². The molecule has 0 spiro atoms. The maximum Gasteiger partial charge on any atom is 0.379 e. The maximum absolute atomic E-state index is 11.9. The van der Waals surface area contributed by atoms with Crippen LogP contribution in [0.3, 0.4) is 0 Å². The first kappa shape index (κ1) is 33.0. The number of ether oxygens (including phenoxy) is 8. The molecule has 0 heterocycles. The summed E-state index contributed by atoms with van der Waals surface area (Å²) in [4.78, 5) is 35.3. The Labute approximate surface area is 234 Å². The molecule has 220 valence electrons. The third-order valence-corrected chi connectivity index (χ3v) is 5.01. The Balaban J connectivity index is 1.23. The molecule has 0 radical (unpaired) electrons. The highest BCUT2D eigenvalue weighted by Gasteiger charge is 2.17. The van der Waals surface area contributed by atoms with Gasteiger partial charge in [0.05, 0.1) is 84.8 Å². The maximum atomic E-state index is 11.9. The molecule has 0 saturated carbocycles. The van der Waals surface area contributed by atoms with E-state index in [1.807, 2.05) is 6.07 Å². The van der Waals surface area contributed by atoms with Gasteiger partial charge in [-0.1, -0.05) is 48.5 Å². The molecule has 2 aromatic rings. The Bertz CT molecular complexity index is 938. The average molecular weight is 563 g/mol. The van der Waals surface area contributed by atoms with Gasteiger partial charge in [0, 0.05) is 5.56 Å². The van der Waals surface area contributed by atoms with Crippen LogP contribution < -0.4 is 0 Å². The summed E-state index contributed by atoms with van der Waals surface area (Å²) in [6.07, 6.45) is 0. The van der Waals surface area contributed by atoms with Crippen LogP contribution >= 0.6 is 0 Å². The zero-order chi connectivity index (χ0) is 28.5. The second-order valence-electron chi connectivity index (χ2n) is 8.01. The first-order chi connectivity index (χ1) is 19.7. The molecule has 2 rings (SSSR count). The van der Waals surface area contributed by atoms with Gasteiger partial charge in [-0.05, 0) is 12.1 Å². The molecule has 0 aliphatic heterocycles. The highest BCUT2D eigenvalue weighted by molar-refractivity contribution is 6.40. The largest absolute Gasteiger partial charge is 0.460 e. The number of rotatable bonds is 24. The van der Waals surface area contributed by atoms with Gasteiger partial charge in [-0.25, -0.2) is 9.59 Å². The number of benzene rings is 2. The van der Waals surface area contributed by atoms with E-state index in [9.17, 15) is 14.4 Å². The minimum atomic E-state index is -0.901. The third-order valence-electron chi connectivity index (χ3n) is 5.01. The van der Waals surface area contributed by atoms with Gasteiger partial charge in [-0.2, -0.15) is 0 Å². The number of carbonyl (C=O) groups excluding carboxylic acids is 3. The van der Waals surface area contributed by atoms with E-state index in [1.54, 1.807) is 54.6 Å². The molecule has 0 unspecified atom stereocenters. The average Bonchev–Trinajstić information content (AvgIpc) is 3.00. The zero-order valence-corrected chi connectivity index (χ0v) is 22.7. The van der Waals surface area contributed by atoms with Crippen molar-refractivity contribution in [2.45, 2.75) is 0 Å². The topological polar surface area (TPSA) is 125 Å². The lowest BCUT2D eigenvalue weighted by atomic mass is 10.1. The lowest BCUT2D eigenvalue weighted by molar-refractivity contribution is -0.139. The summed E-state index contributed by atoms with van der Waals surface area (Å²) in [6, 6.07) is 17.0. The number of ketones is 1. The number of Topliss-reactive ketones (excluding diaryl/α,β-unsaturated/α-hetero) is 1. The highest BCUT2D eigenvalue weighted by atomic mass is 16.6. The lowest BCUT2D eigenvalue weighted by Gasteiger charge is -2.08. The molecular formula is C29H38O11. The van der Waals surface area contributed by atoms with Crippen molar-refractivity contribution in [3.8, 4) is 0 Å². The molecule has 2 aromatic carbocycles. The van der Waals surface area contributed by atoms with Crippen LogP contribution in [0, 0.1) is 0 Å². The molecule has 0 fully saturated rings. The highest BCUT2D eigenvalue weighted by Crippen LogP contribution is 2.02. The van der Waals surface area contributed by atoms with Crippen molar-refractivity contribution in [3.05, 3.63) is 71.8 Å². The number of carbonyl (C=O) groups is 3. The van der Waals surface area contributed by atoms with Gasteiger partial charge >= 0.3 is 11.9 Å². The second kappa shape index (κ2) is 22.6. The molecule has 0 N–H and O–H groups in total. The molecule has 40 heavy (non-hydrogen) atoms. The summed E-state index contributed by atoms with van der Waals surface area (Å²) in [6.45, 7) is 4.82. The van der Waals surface area contributed by atoms with E-state index in [-0.39, 0.29) is 25.8 Å². The molecule has 0 aliphatic carbocycles. The van der Waals surface area contributed by atoms with Gasteiger partial charge in [0.25, 0.3) is 5.78 Å². The summed E-state index contributed by atoms with van der Waals surface area (Å²) in [7, 11) is 0. The summed E-state index contributed by atoms with van der Waals surface area (Å²) < 4.78 is 42.3. The van der Waals surface area contributed by atoms with E-state index < -0.39 is 11.8 Å². The van der Waals surface area contributed by atoms with Crippen molar-refractivity contribution in [1.82, 2.24) is 0 Å². The summed E-state index contributed by atoms with van der Waals surface area (Å²) >= 11 is 0. The number of hydrogen-bond donors (Lipinski definition) is 0. The van der Waals surface area contributed by atoms with Crippen LogP contribution in [0.4, 0.5) is 0 Å². The fraction of sp³-hybridized carbons (Fsp3) is 0.483. The van der Waals surface area contributed by atoms with Crippen LogP contribution in [0.1, 0.15) is 20.7 Å². The van der Waals surface area contributed by atoms with Gasteiger partial charge in [-0.3, -0.25) is 4.79 Å². The Morgan fingerprint density at radius 3 is 1.12 bits per heavy atom. The standard InChI is InChI=1S/C29H38O11/c30-27(25-7-3-1-4-8-25)29(32)40-24-22-38-20-18-36-16-14-34-12-11-33-13-15-35-17-19-37-21-23-39-28(31)26-9-5-2-6-10-26/h1-10H,11-24H2. The van der Waals surface area contributed by atoms with Crippen LogP contribution in [-0.2, 0) is 42.7 Å². The van der Waals surface area contributed by atoms with E-state index >= 15 is 0 Å². The fourth-order valence-corrected chi connectivity index (χ4v) is 3.02. The van der Waals surface area contributed by atoms with Crippen LogP contribution in [0.25, 0.3) is 0 Å². The van der Waals surface area contributed by atoms with Gasteiger partial charge in [0.2, 0.25) is 0 Å². The van der Waals surface area contributed by atoms with E-state index in [0.29, 0.717) is 83.8 Å². The summed E-state index contributed by atoms with van der Waals surface area (Å²) in [5.74, 6) is -1.95. The Hall–Kier alpha value is -3.19. The molecule has 11 heteroatoms. The predicted molar refractivity (Wildman–Crippen MR) is 143 cm³/mol. The fourth-order valence-electron chi connectivity index (χ4n) is 3.02. The first-order valence-corrected chi connectivity index (χ1v) is 13.1. The minimum Gasteiger partial charge on any atom is -0.460 e. The van der Waals surface area contributed by atoms with E-state index in [4.69, 9.17) is 37.9 Å². The van der Waals surface area contributed by atoms with Gasteiger partial charge in [0.1, 0.15) is 13.2 Å². The van der Waals surface area contributed by atoms with Crippen LogP contribution in [0.5, 0.6) is 0 Å². The quantitative estimate of drug-likeness (QED) is 0.0810. The Morgan fingerprint density at radius 1 is 0.400 bits per heavy atom. The third kappa shape index (κ3) is 16.0. The molecule has 0 atom stereocenters. The van der Waals surface area contributed by atoms with E-state index in [2.05, 4.69) is 0 Å².